The molecule has 3 aromatic rings. The fourth-order valence-corrected chi connectivity index (χ4v) is 2.35. The number of imidazole rings is 1. The Hall–Kier alpha value is -2.70. The smallest absolute Gasteiger partial charge is 0.360 e. The summed E-state index contributed by atoms with van der Waals surface area (Å²) in [5, 5.41) is 0.220. The normalized spacial score (nSPS) is 11.2. The van der Waals surface area contributed by atoms with Gasteiger partial charge in [0.15, 0.2) is 11.3 Å². The van der Waals surface area contributed by atoms with Gasteiger partial charge in [-0.3, -0.25) is 13.8 Å². The van der Waals surface area contributed by atoms with Crippen molar-refractivity contribution in [2.45, 2.75) is 6.92 Å². The number of carbonyl (C=O) groups is 1. The van der Waals surface area contributed by atoms with Gasteiger partial charge in [-0.2, -0.15) is 0 Å². The minimum absolute atomic E-state index is 0.0580. The number of aromatic nitrogens is 3. The van der Waals surface area contributed by atoms with Gasteiger partial charge in [-0.25, -0.2) is 14.2 Å². The van der Waals surface area contributed by atoms with Crippen LogP contribution in [-0.4, -0.2) is 26.5 Å². The van der Waals surface area contributed by atoms with Gasteiger partial charge in [0.25, 0.3) is 5.56 Å². The lowest BCUT2D eigenvalue weighted by Crippen LogP contribution is -2.21. The number of carbonyl (C=O) groups excluding carboxylic acids is 1. The van der Waals surface area contributed by atoms with Crippen molar-refractivity contribution >= 4 is 22.5 Å². The van der Waals surface area contributed by atoms with Crippen LogP contribution in [0, 0.1) is 5.82 Å². The summed E-state index contributed by atoms with van der Waals surface area (Å²) in [7, 11) is 1.51. The molecule has 0 atom stereocenters. The second-order valence-corrected chi connectivity index (χ2v) is 4.53. The van der Waals surface area contributed by atoms with E-state index < -0.39 is 17.3 Å². The molecule has 6 nitrogen and oxygen atoms in total. The van der Waals surface area contributed by atoms with Crippen molar-refractivity contribution in [1.29, 1.82) is 0 Å². The Kier molecular flexibility index (Phi) is 2.97. The number of aryl methyl sites for hydroxylation is 1. The van der Waals surface area contributed by atoms with Crippen LogP contribution in [0.5, 0.6) is 0 Å². The van der Waals surface area contributed by atoms with Gasteiger partial charge in [0.2, 0.25) is 0 Å². The number of benzene rings is 1. The van der Waals surface area contributed by atoms with Crippen LogP contribution in [0.1, 0.15) is 17.4 Å². The van der Waals surface area contributed by atoms with E-state index in [-0.39, 0.29) is 17.7 Å². The Morgan fingerprint density at radius 3 is 2.90 bits per heavy atom. The van der Waals surface area contributed by atoms with Crippen LogP contribution in [0.3, 0.4) is 0 Å². The van der Waals surface area contributed by atoms with E-state index in [1.807, 2.05) is 0 Å². The zero-order valence-corrected chi connectivity index (χ0v) is 11.5. The monoisotopic (exact) mass is 289 g/mol. The molecule has 0 radical (unpaired) electrons. The molecule has 0 saturated heterocycles. The minimum atomic E-state index is -0.600. The van der Waals surface area contributed by atoms with Crippen molar-refractivity contribution in [2.75, 3.05) is 6.61 Å². The Morgan fingerprint density at radius 1 is 1.43 bits per heavy atom. The van der Waals surface area contributed by atoms with E-state index in [0.717, 1.165) is 0 Å². The summed E-state index contributed by atoms with van der Waals surface area (Å²) in [5.74, 6) is -1.10. The highest BCUT2D eigenvalue weighted by Crippen LogP contribution is 2.17. The van der Waals surface area contributed by atoms with E-state index >= 15 is 0 Å². The summed E-state index contributed by atoms with van der Waals surface area (Å²) in [5.41, 5.74) is 0.459. The second-order valence-electron chi connectivity index (χ2n) is 4.53. The number of rotatable bonds is 2. The highest BCUT2D eigenvalue weighted by Gasteiger charge is 2.19. The Balaban J connectivity index is 2.44. The molecule has 108 valence electrons. The van der Waals surface area contributed by atoms with Gasteiger partial charge in [0.05, 0.1) is 17.5 Å². The zero-order chi connectivity index (χ0) is 15.1. The van der Waals surface area contributed by atoms with Crippen molar-refractivity contribution < 1.29 is 13.9 Å². The number of halogens is 1. The van der Waals surface area contributed by atoms with Crippen LogP contribution in [0.15, 0.2) is 29.3 Å². The standard InChI is InChI=1S/C14H12FN3O3/c1-3-21-14(20)11-12-17(2)13(19)9-6-8(15)4-5-10(9)18(12)7-16-11/h4-7H,3H2,1-2H3. The van der Waals surface area contributed by atoms with Crippen LogP contribution in [-0.2, 0) is 11.8 Å². The fourth-order valence-electron chi connectivity index (χ4n) is 2.35. The van der Waals surface area contributed by atoms with Crippen LogP contribution in [0.25, 0.3) is 16.6 Å². The number of hydrogen-bond acceptors (Lipinski definition) is 4. The molecule has 0 fully saturated rings. The molecule has 0 aliphatic rings. The van der Waals surface area contributed by atoms with Gasteiger partial charge < -0.3 is 4.74 Å². The van der Waals surface area contributed by atoms with Gasteiger partial charge >= 0.3 is 5.97 Å². The number of nitrogens with zero attached hydrogens (tertiary/aromatic N) is 3. The molecule has 3 rings (SSSR count). The fraction of sp³-hybridized carbons (Fsp3) is 0.214. The van der Waals surface area contributed by atoms with E-state index in [1.165, 1.54) is 36.1 Å². The first-order chi connectivity index (χ1) is 10.0. The highest BCUT2D eigenvalue weighted by molar-refractivity contribution is 5.95. The number of hydrogen-bond donors (Lipinski definition) is 0. The van der Waals surface area contributed by atoms with Crippen molar-refractivity contribution in [1.82, 2.24) is 14.0 Å². The molecule has 0 amide bonds. The summed E-state index contributed by atoms with van der Waals surface area (Å²) in [6.07, 6.45) is 1.42. The Morgan fingerprint density at radius 2 is 2.19 bits per heavy atom. The zero-order valence-electron chi connectivity index (χ0n) is 11.5. The summed E-state index contributed by atoms with van der Waals surface area (Å²) >= 11 is 0. The van der Waals surface area contributed by atoms with Crippen LogP contribution >= 0.6 is 0 Å². The molecular weight excluding hydrogens is 277 g/mol. The maximum atomic E-state index is 13.3. The lowest BCUT2D eigenvalue weighted by Gasteiger charge is -2.08. The number of fused-ring (bicyclic) bond motifs is 3. The van der Waals surface area contributed by atoms with Gasteiger partial charge in [0.1, 0.15) is 12.1 Å². The maximum absolute atomic E-state index is 13.3. The van der Waals surface area contributed by atoms with Gasteiger partial charge in [-0.15, -0.1) is 0 Å². The van der Waals surface area contributed by atoms with E-state index in [1.54, 1.807) is 11.3 Å². The van der Waals surface area contributed by atoms with Crippen molar-refractivity contribution in [2.24, 2.45) is 7.05 Å². The second kappa shape index (κ2) is 4.69. The molecule has 2 heterocycles. The predicted octanol–water partition coefficient (Wildman–Crippen LogP) is 1.50. The van der Waals surface area contributed by atoms with E-state index in [9.17, 15) is 14.0 Å². The number of esters is 1. The first-order valence-electron chi connectivity index (χ1n) is 6.37. The van der Waals surface area contributed by atoms with Crippen molar-refractivity contribution in [3.05, 3.63) is 46.4 Å². The molecule has 0 bridgehead atoms. The van der Waals surface area contributed by atoms with Crippen LogP contribution in [0.2, 0.25) is 0 Å². The maximum Gasteiger partial charge on any atom is 0.360 e. The molecule has 21 heavy (non-hydrogen) atoms. The molecule has 0 unspecified atom stereocenters. The average molecular weight is 289 g/mol. The molecule has 0 aliphatic carbocycles. The summed E-state index contributed by atoms with van der Waals surface area (Å²) in [6, 6.07) is 3.90. The van der Waals surface area contributed by atoms with Crippen molar-refractivity contribution in [3.63, 3.8) is 0 Å². The first-order valence-corrected chi connectivity index (χ1v) is 6.37. The Bertz CT molecular complexity index is 926. The molecular formula is C14H12FN3O3. The Labute approximate surface area is 118 Å². The molecule has 0 spiro atoms. The number of ether oxygens (including phenoxy) is 1. The molecule has 0 N–H and O–H groups in total. The average Bonchev–Trinajstić information content (AvgIpc) is 2.90. The van der Waals surface area contributed by atoms with Crippen LogP contribution < -0.4 is 5.56 Å². The van der Waals surface area contributed by atoms with Gasteiger partial charge in [-0.1, -0.05) is 0 Å². The minimum Gasteiger partial charge on any atom is -0.461 e. The quantitative estimate of drug-likeness (QED) is 0.671. The van der Waals surface area contributed by atoms with E-state index in [0.29, 0.717) is 11.2 Å². The predicted molar refractivity (Wildman–Crippen MR) is 73.9 cm³/mol. The lowest BCUT2D eigenvalue weighted by atomic mass is 10.2. The summed E-state index contributed by atoms with van der Waals surface area (Å²) < 4.78 is 21.1. The van der Waals surface area contributed by atoms with E-state index in [4.69, 9.17) is 4.74 Å². The third-order valence-corrected chi connectivity index (χ3v) is 3.28. The molecule has 1 aromatic carbocycles. The molecule has 0 aliphatic heterocycles. The SMILES string of the molecule is CCOC(=O)c1ncn2c3ccc(F)cc3c(=O)n(C)c12. The first kappa shape index (κ1) is 13.3. The largest absolute Gasteiger partial charge is 0.461 e. The third kappa shape index (κ3) is 1.89. The van der Waals surface area contributed by atoms with Gasteiger partial charge in [-0.05, 0) is 25.1 Å². The summed E-state index contributed by atoms with van der Waals surface area (Å²) in [6.45, 7) is 1.90. The van der Waals surface area contributed by atoms with E-state index in [2.05, 4.69) is 4.98 Å². The van der Waals surface area contributed by atoms with Crippen molar-refractivity contribution in [3.8, 4) is 0 Å². The molecule has 2 aromatic heterocycles. The topological polar surface area (TPSA) is 65.6 Å². The lowest BCUT2D eigenvalue weighted by molar-refractivity contribution is 0.0522. The highest BCUT2D eigenvalue weighted by atomic mass is 19.1. The van der Waals surface area contributed by atoms with Crippen LogP contribution in [0.4, 0.5) is 4.39 Å². The summed E-state index contributed by atoms with van der Waals surface area (Å²) in [4.78, 5) is 28.3. The van der Waals surface area contributed by atoms with Gasteiger partial charge in [0, 0.05) is 7.05 Å². The third-order valence-electron chi connectivity index (χ3n) is 3.28. The molecule has 7 heteroatoms. The molecule has 0 saturated carbocycles.